The first kappa shape index (κ1) is 20.1. The van der Waals surface area contributed by atoms with Gasteiger partial charge >= 0.3 is 0 Å². The first-order valence-corrected chi connectivity index (χ1v) is 9.24. The summed E-state index contributed by atoms with van der Waals surface area (Å²) in [4.78, 5) is 14.9. The zero-order chi connectivity index (χ0) is 18.3. The molecule has 0 aliphatic heterocycles. The zero-order valence-electron chi connectivity index (χ0n) is 12.7. The molecule has 0 aliphatic carbocycles. The summed E-state index contributed by atoms with van der Waals surface area (Å²) in [5.74, 6) is 6.55. The van der Waals surface area contributed by atoms with E-state index in [1.54, 1.807) is 6.92 Å². The highest BCUT2D eigenvalue weighted by Gasteiger charge is 2.22. The van der Waals surface area contributed by atoms with Gasteiger partial charge in [-0.1, -0.05) is 17.5 Å². The Morgan fingerprint density at radius 3 is 2.71 bits per heavy atom. The molecular weight excluding hydrogens is 374 g/mol. The Labute approximate surface area is 149 Å². The summed E-state index contributed by atoms with van der Waals surface area (Å²) in [5.41, 5.74) is 7.76. The van der Waals surface area contributed by atoms with Crippen molar-refractivity contribution in [3.05, 3.63) is 22.7 Å². The smallest absolute Gasteiger partial charge is 0.265 e. The Morgan fingerprint density at radius 1 is 1.50 bits per heavy atom. The van der Waals surface area contributed by atoms with Crippen LogP contribution in [0.25, 0.3) is 0 Å². The van der Waals surface area contributed by atoms with Gasteiger partial charge in [-0.15, -0.1) is 18.2 Å². The first-order chi connectivity index (χ1) is 11.2. The second kappa shape index (κ2) is 8.79. The molecular formula is C13H16ClN5O3S2. The lowest BCUT2D eigenvalue weighted by Gasteiger charge is -2.14. The number of aryl methyl sites for hydroxylation is 1. The highest BCUT2D eigenvalue weighted by molar-refractivity contribution is 8.00. The molecule has 1 rings (SSSR count). The molecule has 1 aromatic carbocycles. The Morgan fingerprint density at radius 2 is 2.17 bits per heavy atom. The van der Waals surface area contributed by atoms with Crippen LogP contribution in [0.3, 0.4) is 0 Å². The van der Waals surface area contributed by atoms with Crippen molar-refractivity contribution in [1.29, 1.82) is 0 Å². The Kier molecular flexibility index (Phi) is 7.37. The number of thioether (sulfide) groups is 1. The third-order valence-corrected chi connectivity index (χ3v) is 5.57. The van der Waals surface area contributed by atoms with Crippen LogP contribution in [-0.2, 0) is 14.8 Å². The number of nitrogens with zero attached hydrogens (tertiary/aromatic N) is 1. The Balaban J connectivity index is 3.28. The van der Waals surface area contributed by atoms with Crippen LogP contribution in [0, 0.1) is 19.3 Å². The quantitative estimate of drug-likeness (QED) is 0.134. The molecule has 0 aliphatic rings. The van der Waals surface area contributed by atoms with E-state index in [0.717, 1.165) is 11.8 Å². The molecule has 0 aromatic heterocycles. The first-order valence-electron chi connectivity index (χ1n) is 6.40. The predicted molar refractivity (Wildman–Crippen MR) is 94.9 cm³/mol. The van der Waals surface area contributed by atoms with E-state index in [4.69, 9.17) is 29.6 Å². The minimum atomic E-state index is -4.04. The average molecular weight is 390 g/mol. The van der Waals surface area contributed by atoms with E-state index in [1.165, 1.54) is 12.1 Å². The molecule has 0 bridgehead atoms. The second-order valence-corrected chi connectivity index (χ2v) is 7.50. The van der Waals surface area contributed by atoms with Crippen molar-refractivity contribution < 1.29 is 13.2 Å². The van der Waals surface area contributed by atoms with E-state index in [9.17, 15) is 13.2 Å². The van der Waals surface area contributed by atoms with Gasteiger partial charge in [0.05, 0.1) is 5.75 Å². The molecule has 0 fully saturated rings. The number of hydrogen-bond donors (Lipinski definition) is 4. The third kappa shape index (κ3) is 5.61. The van der Waals surface area contributed by atoms with Crippen LogP contribution in [0.15, 0.2) is 26.9 Å². The highest BCUT2D eigenvalue weighted by Crippen LogP contribution is 2.31. The molecule has 8 nitrogen and oxygen atoms in total. The van der Waals surface area contributed by atoms with Crippen molar-refractivity contribution in [2.24, 2.45) is 16.6 Å². The molecule has 0 unspecified atom stereocenters. The largest absolute Gasteiger partial charge is 0.369 e. The van der Waals surface area contributed by atoms with Gasteiger partial charge in [0.15, 0.2) is 0 Å². The summed E-state index contributed by atoms with van der Waals surface area (Å²) in [6, 6.07) is 2.83. The number of primary amides is 1. The highest BCUT2D eigenvalue weighted by atomic mass is 35.5. The number of guanidine groups is 1. The number of carbonyl (C=O) groups excluding carboxylic acids is 1. The molecule has 130 valence electrons. The number of rotatable bonds is 6. The third-order valence-electron chi connectivity index (χ3n) is 2.58. The summed E-state index contributed by atoms with van der Waals surface area (Å²) in [6.07, 6.45) is 5.07. The Hall–Kier alpha value is -1.93. The lowest BCUT2D eigenvalue weighted by atomic mass is 10.2. The molecule has 0 saturated carbocycles. The lowest BCUT2D eigenvalue weighted by Crippen LogP contribution is -2.44. The average Bonchev–Trinajstić information content (AvgIpc) is 2.51. The standard InChI is InChI=1S/C13H16ClN5O3S2/c1-3-4-17-13(18-16)19-24(21,22)11-5-8(2)9(14)6-10(11)23-7-12(15)20/h1,5-6H,4,7,16H2,2H3,(H2,15,20)(H2,17,18,19). The number of halogens is 1. The van der Waals surface area contributed by atoms with Crippen LogP contribution >= 0.6 is 23.4 Å². The van der Waals surface area contributed by atoms with E-state index in [-0.39, 0.29) is 28.0 Å². The molecule has 0 heterocycles. The number of terminal acetylenes is 1. The number of sulfonamides is 1. The summed E-state index contributed by atoms with van der Waals surface area (Å²) in [7, 11) is -4.04. The van der Waals surface area contributed by atoms with Gasteiger partial charge in [-0.25, -0.2) is 24.0 Å². The van der Waals surface area contributed by atoms with Gasteiger partial charge in [-0.2, -0.15) is 0 Å². The van der Waals surface area contributed by atoms with Gasteiger partial charge in [-0.05, 0) is 24.6 Å². The summed E-state index contributed by atoms with van der Waals surface area (Å²) in [5, 5.41) is 0.360. The van der Waals surface area contributed by atoms with E-state index in [1.807, 2.05) is 0 Å². The molecule has 0 atom stereocenters. The minimum Gasteiger partial charge on any atom is -0.369 e. The molecule has 6 N–H and O–H groups in total. The lowest BCUT2D eigenvalue weighted by molar-refractivity contribution is -0.115. The number of aliphatic imine (C=N–C) groups is 1. The summed E-state index contributed by atoms with van der Waals surface area (Å²) >= 11 is 6.99. The fourth-order valence-electron chi connectivity index (χ4n) is 1.52. The number of amides is 1. The molecule has 1 amide bonds. The van der Waals surface area contributed by atoms with Gasteiger partial charge in [0.2, 0.25) is 11.9 Å². The number of hydrogen-bond acceptors (Lipinski definition) is 6. The van der Waals surface area contributed by atoms with Crippen LogP contribution in [0.2, 0.25) is 5.02 Å². The topological polar surface area (TPSA) is 140 Å². The van der Waals surface area contributed by atoms with E-state index < -0.39 is 15.9 Å². The van der Waals surface area contributed by atoms with Crippen molar-refractivity contribution in [2.75, 3.05) is 12.3 Å². The van der Waals surface area contributed by atoms with Gasteiger partial charge in [0.1, 0.15) is 11.4 Å². The van der Waals surface area contributed by atoms with Crippen LogP contribution < -0.4 is 21.7 Å². The van der Waals surface area contributed by atoms with Crippen LogP contribution in [0.5, 0.6) is 0 Å². The number of nitrogens with one attached hydrogen (secondary N) is 2. The van der Waals surface area contributed by atoms with E-state index >= 15 is 0 Å². The Bertz CT molecular complexity index is 803. The fourth-order valence-corrected chi connectivity index (χ4v) is 4.10. The monoisotopic (exact) mass is 389 g/mol. The van der Waals surface area contributed by atoms with Crippen molar-refractivity contribution >= 4 is 45.3 Å². The maximum Gasteiger partial charge on any atom is 0.265 e. The molecule has 0 radical (unpaired) electrons. The number of benzene rings is 1. The summed E-state index contributed by atoms with van der Waals surface area (Å²) in [6.45, 7) is 1.59. The van der Waals surface area contributed by atoms with Crippen LogP contribution in [-0.4, -0.2) is 32.6 Å². The van der Waals surface area contributed by atoms with Crippen molar-refractivity contribution in [1.82, 2.24) is 10.1 Å². The van der Waals surface area contributed by atoms with Crippen molar-refractivity contribution in [3.8, 4) is 12.3 Å². The SMILES string of the molecule is C#CCN=C(NN)NS(=O)(=O)c1cc(C)c(Cl)cc1SCC(N)=O. The van der Waals surface area contributed by atoms with Crippen LogP contribution in [0.1, 0.15) is 5.56 Å². The van der Waals surface area contributed by atoms with Gasteiger partial charge in [0.25, 0.3) is 10.0 Å². The number of carbonyl (C=O) groups is 1. The molecule has 11 heteroatoms. The van der Waals surface area contributed by atoms with Gasteiger partial charge in [-0.3, -0.25) is 10.2 Å². The molecule has 0 saturated heterocycles. The molecule has 0 spiro atoms. The summed E-state index contributed by atoms with van der Waals surface area (Å²) < 4.78 is 27.4. The van der Waals surface area contributed by atoms with E-state index in [0.29, 0.717) is 10.6 Å². The molecule has 24 heavy (non-hydrogen) atoms. The second-order valence-electron chi connectivity index (χ2n) is 4.42. The maximum atomic E-state index is 12.6. The van der Waals surface area contributed by atoms with Crippen LogP contribution in [0.4, 0.5) is 0 Å². The normalized spacial score (nSPS) is 11.7. The van der Waals surface area contributed by atoms with Gasteiger partial charge < -0.3 is 5.73 Å². The zero-order valence-corrected chi connectivity index (χ0v) is 15.1. The fraction of sp³-hybridized carbons (Fsp3) is 0.231. The van der Waals surface area contributed by atoms with Crippen molar-refractivity contribution in [3.63, 3.8) is 0 Å². The van der Waals surface area contributed by atoms with Gasteiger partial charge in [0, 0.05) is 9.92 Å². The number of hydrazine groups is 1. The van der Waals surface area contributed by atoms with E-state index in [2.05, 4.69) is 21.1 Å². The predicted octanol–water partition coefficient (Wildman–Crippen LogP) is -0.0434. The number of nitrogens with two attached hydrogens (primary N) is 2. The maximum absolute atomic E-state index is 12.6. The molecule has 1 aromatic rings. The van der Waals surface area contributed by atoms with Crippen molar-refractivity contribution in [2.45, 2.75) is 16.7 Å². The minimum absolute atomic E-state index is 0.0645.